The SMILES string of the molecule is CC1(CN)CCN(c2nc3sccn3c2[N+](=O)[O-])C1. The molecule has 1 aliphatic heterocycles. The summed E-state index contributed by atoms with van der Waals surface area (Å²) in [4.78, 5) is 18.0. The van der Waals surface area contributed by atoms with E-state index in [1.807, 2.05) is 4.90 Å². The second-order valence-electron chi connectivity index (χ2n) is 5.26. The molecule has 2 aromatic heterocycles. The molecule has 0 spiro atoms. The predicted octanol–water partition coefficient (Wildman–Crippen LogP) is 1.48. The summed E-state index contributed by atoms with van der Waals surface area (Å²) in [5.41, 5.74) is 5.80. The largest absolute Gasteiger partial charge is 0.373 e. The fourth-order valence-corrected chi connectivity index (χ4v) is 3.22. The molecule has 0 bridgehead atoms. The average Bonchev–Trinajstić information content (AvgIpc) is 3.01. The lowest BCUT2D eigenvalue weighted by Gasteiger charge is -2.22. The normalized spacial score (nSPS) is 23.4. The van der Waals surface area contributed by atoms with E-state index in [9.17, 15) is 10.1 Å². The highest BCUT2D eigenvalue weighted by molar-refractivity contribution is 7.15. The van der Waals surface area contributed by atoms with Crippen LogP contribution < -0.4 is 10.6 Å². The Morgan fingerprint density at radius 2 is 2.47 bits per heavy atom. The van der Waals surface area contributed by atoms with Crippen LogP contribution in [0.4, 0.5) is 11.6 Å². The van der Waals surface area contributed by atoms with Gasteiger partial charge in [-0.3, -0.25) is 0 Å². The van der Waals surface area contributed by atoms with Gasteiger partial charge in [-0.2, -0.15) is 9.38 Å². The Labute approximate surface area is 113 Å². The van der Waals surface area contributed by atoms with Crippen LogP contribution in [0.1, 0.15) is 13.3 Å². The first-order valence-corrected chi connectivity index (χ1v) is 6.97. The summed E-state index contributed by atoms with van der Waals surface area (Å²) in [6.45, 7) is 4.17. The van der Waals surface area contributed by atoms with E-state index < -0.39 is 0 Å². The molecular weight excluding hydrogens is 266 g/mol. The number of nitro groups is 1. The molecule has 2 aromatic rings. The third-order valence-electron chi connectivity index (χ3n) is 3.74. The van der Waals surface area contributed by atoms with E-state index in [1.54, 1.807) is 11.6 Å². The summed E-state index contributed by atoms with van der Waals surface area (Å²) in [6.07, 6.45) is 2.62. The Hall–Kier alpha value is -1.67. The Kier molecular flexibility index (Phi) is 2.72. The van der Waals surface area contributed by atoms with Crippen LogP contribution in [-0.4, -0.2) is 33.9 Å². The van der Waals surface area contributed by atoms with E-state index in [0.29, 0.717) is 17.3 Å². The van der Waals surface area contributed by atoms with Crippen LogP contribution in [0.5, 0.6) is 0 Å². The highest BCUT2D eigenvalue weighted by Crippen LogP contribution is 2.37. The van der Waals surface area contributed by atoms with Gasteiger partial charge in [-0.1, -0.05) is 18.3 Å². The zero-order valence-corrected chi connectivity index (χ0v) is 11.4. The zero-order valence-electron chi connectivity index (χ0n) is 10.6. The highest BCUT2D eigenvalue weighted by atomic mass is 32.1. The van der Waals surface area contributed by atoms with Crippen molar-refractivity contribution in [1.82, 2.24) is 9.38 Å². The number of imidazole rings is 1. The van der Waals surface area contributed by atoms with Gasteiger partial charge in [-0.25, -0.2) is 0 Å². The molecule has 1 aliphatic rings. The molecule has 8 heteroatoms. The second-order valence-corrected chi connectivity index (χ2v) is 6.13. The fraction of sp³-hybridized carbons (Fsp3) is 0.545. The van der Waals surface area contributed by atoms with E-state index >= 15 is 0 Å². The van der Waals surface area contributed by atoms with Crippen LogP contribution in [0.15, 0.2) is 11.6 Å². The van der Waals surface area contributed by atoms with E-state index in [1.165, 1.54) is 15.7 Å². The van der Waals surface area contributed by atoms with Gasteiger partial charge in [0.2, 0.25) is 5.82 Å². The molecule has 0 amide bonds. The van der Waals surface area contributed by atoms with Gasteiger partial charge in [0.25, 0.3) is 4.96 Å². The zero-order chi connectivity index (χ0) is 13.6. The number of rotatable bonds is 3. The van der Waals surface area contributed by atoms with Crippen molar-refractivity contribution in [2.24, 2.45) is 11.1 Å². The van der Waals surface area contributed by atoms with Gasteiger partial charge in [0.1, 0.15) is 6.20 Å². The highest BCUT2D eigenvalue weighted by Gasteiger charge is 2.37. The summed E-state index contributed by atoms with van der Waals surface area (Å²) in [7, 11) is 0. The van der Waals surface area contributed by atoms with Crippen LogP contribution in [0.3, 0.4) is 0 Å². The molecule has 1 unspecified atom stereocenters. The number of fused-ring (bicyclic) bond motifs is 1. The van der Waals surface area contributed by atoms with Crippen molar-refractivity contribution in [2.45, 2.75) is 13.3 Å². The average molecular weight is 281 g/mol. The molecule has 2 N–H and O–H groups in total. The minimum absolute atomic E-state index is 0.0188. The number of thiazole rings is 1. The maximum absolute atomic E-state index is 11.3. The molecule has 0 aliphatic carbocycles. The first-order valence-electron chi connectivity index (χ1n) is 6.09. The minimum Gasteiger partial charge on any atom is -0.358 e. The molecule has 1 saturated heterocycles. The van der Waals surface area contributed by atoms with Crippen molar-refractivity contribution in [1.29, 1.82) is 0 Å². The van der Waals surface area contributed by atoms with Crippen LogP contribution >= 0.6 is 11.3 Å². The van der Waals surface area contributed by atoms with E-state index in [-0.39, 0.29) is 16.2 Å². The van der Waals surface area contributed by atoms with Gasteiger partial charge in [0.05, 0.1) is 0 Å². The van der Waals surface area contributed by atoms with E-state index in [2.05, 4.69) is 11.9 Å². The number of nitrogens with two attached hydrogens (primary N) is 1. The molecule has 1 atom stereocenters. The van der Waals surface area contributed by atoms with Gasteiger partial charge in [0, 0.05) is 18.5 Å². The molecule has 1 fully saturated rings. The summed E-state index contributed by atoms with van der Waals surface area (Å²) in [5, 5.41) is 13.1. The molecular formula is C11H15N5O2S. The first-order chi connectivity index (χ1) is 9.04. The number of anilines is 1. The second kappa shape index (κ2) is 4.17. The first kappa shape index (κ1) is 12.4. The Balaban J connectivity index is 2.04. The van der Waals surface area contributed by atoms with Gasteiger partial charge >= 0.3 is 5.82 Å². The lowest BCUT2D eigenvalue weighted by atomic mass is 9.90. The summed E-state index contributed by atoms with van der Waals surface area (Å²) < 4.78 is 1.54. The lowest BCUT2D eigenvalue weighted by Crippen LogP contribution is -2.31. The molecule has 0 saturated carbocycles. The van der Waals surface area contributed by atoms with Crippen molar-refractivity contribution in [2.75, 3.05) is 24.5 Å². The van der Waals surface area contributed by atoms with Gasteiger partial charge in [0.15, 0.2) is 0 Å². The quantitative estimate of drug-likeness (QED) is 0.680. The Bertz CT molecular complexity index is 636. The van der Waals surface area contributed by atoms with Crippen LogP contribution in [0.25, 0.3) is 4.96 Å². The van der Waals surface area contributed by atoms with Crippen LogP contribution in [0.2, 0.25) is 0 Å². The van der Waals surface area contributed by atoms with Crippen LogP contribution in [0, 0.1) is 15.5 Å². The van der Waals surface area contributed by atoms with Crippen molar-refractivity contribution in [3.8, 4) is 0 Å². The summed E-state index contributed by atoms with van der Waals surface area (Å²) in [6, 6.07) is 0. The van der Waals surface area contributed by atoms with Crippen molar-refractivity contribution in [3.63, 3.8) is 0 Å². The van der Waals surface area contributed by atoms with E-state index in [0.717, 1.165) is 19.5 Å². The molecule has 0 radical (unpaired) electrons. The molecule has 7 nitrogen and oxygen atoms in total. The molecule has 19 heavy (non-hydrogen) atoms. The standard InChI is InChI=1S/C11H15N5O2S/c1-11(6-12)2-3-14(7-11)8-9(16(17)18)15-4-5-19-10(15)13-8/h4-5H,2-3,6-7,12H2,1H3. The van der Waals surface area contributed by atoms with Gasteiger partial charge in [-0.05, 0) is 23.3 Å². The van der Waals surface area contributed by atoms with Gasteiger partial charge in [-0.15, -0.1) is 0 Å². The van der Waals surface area contributed by atoms with Crippen molar-refractivity contribution in [3.05, 3.63) is 21.7 Å². The third-order valence-corrected chi connectivity index (χ3v) is 4.50. The molecule has 102 valence electrons. The topological polar surface area (TPSA) is 89.7 Å². The lowest BCUT2D eigenvalue weighted by molar-refractivity contribution is -0.389. The minimum atomic E-state index is -0.361. The van der Waals surface area contributed by atoms with Crippen molar-refractivity contribution >= 4 is 27.9 Å². The van der Waals surface area contributed by atoms with E-state index in [4.69, 9.17) is 5.73 Å². The van der Waals surface area contributed by atoms with Crippen molar-refractivity contribution < 1.29 is 4.92 Å². The van der Waals surface area contributed by atoms with Crippen LogP contribution in [-0.2, 0) is 0 Å². The predicted molar refractivity (Wildman–Crippen MR) is 73.7 cm³/mol. The Morgan fingerprint density at radius 3 is 3.11 bits per heavy atom. The maximum atomic E-state index is 11.3. The molecule has 3 heterocycles. The molecule has 0 aromatic carbocycles. The number of aromatic nitrogens is 2. The smallest absolute Gasteiger partial charge is 0.358 e. The summed E-state index contributed by atoms with van der Waals surface area (Å²) in [5.74, 6) is 0.520. The van der Waals surface area contributed by atoms with Gasteiger partial charge < -0.3 is 20.7 Å². The number of nitrogens with zero attached hydrogens (tertiary/aromatic N) is 4. The fourth-order valence-electron chi connectivity index (χ4n) is 2.52. The number of hydrogen-bond acceptors (Lipinski definition) is 6. The maximum Gasteiger partial charge on any atom is 0.373 e. The summed E-state index contributed by atoms with van der Waals surface area (Å²) >= 11 is 1.40. The third kappa shape index (κ3) is 1.87. The molecule has 3 rings (SSSR count). The Morgan fingerprint density at radius 1 is 1.68 bits per heavy atom. The monoisotopic (exact) mass is 281 g/mol. The number of hydrogen-bond donors (Lipinski definition) is 1.